The van der Waals surface area contributed by atoms with Crippen LogP contribution in [0, 0.1) is 5.82 Å². The smallest absolute Gasteiger partial charge is 0.422 e. The summed E-state index contributed by atoms with van der Waals surface area (Å²) in [5.74, 6) is -3.67. The van der Waals surface area contributed by atoms with Gasteiger partial charge < -0.3 is 9.84 Å². The van der Waals surface area contributed by atoms with Crippen molar-refractivity contribution in [3.05, 3.63) is 69.4 Å². The lowest BCUT2D eigenvalue weighted by molar-refractivity contribution is -0.153. The molecule has 7 nitrogen and oxygen atoms in total. The number of aliphatic hydroxyl groups is 1. The van der Waals surface area contributed by atoms with Crippen LogP contribution in [0.5, 0.6) is 5.75 Å². The van der Waals surface area contributed by atoms with Gasteiger partial charge in [-0.15, -0.1) is 5.10 Å². The molecule has 0 radical (unpaired) electrons. The molecule has 0 aliphatic rings. The summed E-state index contributed by atoms with van der Waals surface area (Å²) in [6.07, 6.45) is -6.36. The highest BCUT2D eigenvalue weighted by Gasteiger charge is 2.30. The van der Waals surface area contributed by atoms with Crippen LogP contribution in [0.25, 0.3) is 17.6 Å². The van der Waals surface area contributed by atoms with Gasteiger partial charge in [-0.2, -0.15) is 17.9 Å². The fourth-order valence-electron chi connectivity index (χ4n) is 3.15. The van der Waals surface area contributed by atoms with E-state index < -0.39 is 71.4 Å². The fourth-order valence-corrected chi connectivity index (χ4v) is 3.15. The number of rotatable bonds is 8. The number of halogens is 7. The van der Waals surface area contributed by atoms with Crippen LogP contribution in [-0.2, 0) is 13.2 Å². The molecule has 2 aromatic heterocycles. The zero-order valence-electron chi connectivity index (χ0n) is 17.9. The van der Waals surface area contributed by atoms with Crippen molar-refractivity contribution in [2.24, 2.45) is 0 Å². The molecular weight excluding hydrogens is 489 g/mol. The number of aliphatic hydroxyl groups excluding tert-OH is 1. The lowest BCUT2D eigenvalue weighted by atomic mass is 10.1. The van der Waals surface area contributed by atoms with E-state index in [1.54, 1.807) is 0 Å². The first-order chi connectivity index (χ1) is 16.5. The minimum atomic E-state index is -4.86. The van der Waals surface area contributed by atoms with Crippen molar-refractivity contribution in [3.63, 3.8) is 0 Å². The van der Waals surface area contributed by atoms with E-state index in [1.807, 2.05) is 0 Å². The first kappa shape index (κ1) is 25.9. The van der Waals surface area contributed by atoms with Gasteiger partial charge in [0.25, 0.3) is 6.43 Å². The third-order valence-corrected chi connectivity index (χ3v) is 4.68. The Morgan fingerprint density at radius 3 is 2.57 bits per heavy atom. The Hall–Kier alpha value is -3.68. The van der Waals surface area contributed by atoms with E-state index in [0.29, 0.717) is 22.9 Å². The van der Waals surface area contributed by atoms with Crippen LogP contribution in [0.4, 0.5) is 30.7 Å². The highest BCUT2D eigenvalue weighted by Crippen LogP contribution is 2.34. The monoisotopic (exact) mass is 506 g/mol. The molecule has 2 heterocycles. The van der Waals surface area contributed by atoms with Crippen molar-refractivity contribution in [2.45, 2.75) is 32.7 Å². The second-order valence-corrected chi connectivity index (χ2v) is 6.99. The van der Waals surface area contributed by atoms with E-state index in [4.69, 9.17) is 0 Å². The van der Waals surface area contributed by atoms with Gasteiger partial charge in [0.2, 0.25) is 0 Å². The van der Waals surface area contributed by atoms with E-state index in [1.165, 1.54) is 13.0 Å². The molecule has 1 N–H and O–H groups in total. The number of aromatic nitrogens is 4. The van der Waals surface area contributed by atoms with Gasteiger partial charge in [0.1, 0.15) is 35.4 Å². The summed E-state index contributed by atoms with van der Waals surface area (Å²) in [6.45, 7) is -1.01. The van der Waals surface area contributed by atoms with Crippen LogP contribution in [0.2, 0.25) is 0 Å². The summed E-state index contributed by atoms with van der Waals surface area (Å²) in [5.41, 5.74) is -3.62. The number of pyridine rings is 1. The highest BCUT2D eigenvalue weighted by molar-refractivity contribution is 5.80. The van der Waals surface area contributed by atoms with Crippen LogP contribution < -0.4 is 10.4 Å². The van der Waals surface area contributed by atoms with Gasteiger partial charge in [-0.3, -0.25) is 9.55 Å². The van der Waals surface area contributed by atoms with Crippen molar-refractivity contribution in [1.29, 1.82) is 0 Å². The summed E-state index contributed by atoms with van der Waals surface area (Å²) in [5, 5.41) is 13.1. The number of hydrogen-bond acceptors (Lipinski definition) is 5. The predicted molar refractivity (Wildman–Crippen MR) is 109 cm³/mol. The first-order valence-electron chi connectivity index (χ1n) is 9.90. The van der Waals surface area contributed by atoms with Crippen LogP contribution >= 0.6 is 0 Å². The molecule has 0 bridgehead atoms. The Kier molecular flexibility index (Phi) is 7.63. The number of ether oxygens (including phenoxy) is 1. The van der Waals surface area contributed by atoms with Crippen molar-refractivity contribution < 1.29 is 40.6 Å². The third kappa shape index (κ3) is 5.70. The number of benzene rings is 1. The highest BCUT2D eigenvalue weighted by atomic mass is 19.4. The third-order valence-electron chi connectivity index (χ3n) is 4.68. The molecule has 35 heavy (non-hydrogen) atoms. The molecule has 0 aliphatic carbocycles. The maximum Gasteiger partial charge on any atom is 0.422 e. The summed E-state index contributed by atoms with van der Waals surface area (Å²) < 4.78 is 101. The van der Waals surface area contributed by atoms with E-state index in [-0.39, 0.29) is 12.4 Å². The van der Waals surface area contributed by atoms with Crippen molar-refractivity contribution >= 4 is 11.9 Å². The van der Waals surface area contributed by atoms with Crippen LogP contribution in [0.15, 0.2) is 35.3 Å². The first-order valence-corrected chi connectivity index (χ1v) is 9.90. The molecule has 0 fully saturated rings. The Bertz CT molecular complexity index is 1300. The summed E-state index contributed by atoms with van der Waals surface area (Å²) in [7, 11) is 0. The van der Waals surface area contributed by atoms with E-state index >= 15 is 4.39 Å². The standard InChI is InChI=1S/C21H17F7N4O3/c1-2-31-17(9-33)30-32(20(31)34)15-8-16(35-10-21(26,27)28)12(7-14(15)23)13(22)6-11-4-3-5-29-18(11)19(24)25/h3-8,19,33H,2,9-10H2,1H3/b13-6-. The molecule has 188 valence electrons. The van der Waals surface area contributed by atoms with Gasteiger partial charge in [-0.25, -0.2) is 22.4 Å². The fraction of sp³-hybridized carbons (Fsp3) is 0.286. The number of alkyl halides is 5. The number of hydrogen-bond donors (Lipinski definition) is 1. The second kappa shape index (κ2) is 10.3. The lowest BCUT2D eigenvalue weighted by Gasteiger charge is -2.15. The van der Waals surface area contributed by atoms with Crippen molar-refractivity contribution in [3.8, 4) is 11.4 Å². The molecule has 0 amide bonds. The Labute approximate surface area is 192 Å². The van der Waals surface area contributed by atoms with Gasteiger partial charge in [0.15, 0.2) is 12.4 Å². The molecule has 0 saturated heterocycles. The Morgan fingerprint density at radius 2 is 2.00 bits per heavy atom. The molecule has 1 aromatic carbocycles. The average molecular weight is 506 g/mol. The maximum absolute atomic E-state index is 15.1. The molecule has 3 aromatic rings. The van der Waals surface area contributed by atoms with Gasteiger partial charge >= 0.3 is 11.9 Å². The molecular formula is C21H17F7N4O3. The van der Waals surface area contributed by atoms with Gasteiger partial charge in [-0.05, 0) is 25.1 Å². The molecule has 0 aliphatic heterocycles. The topological polar surface area (TPSA) is 82.2 Å². The van der Waals surface area contributed by atoms with Gasteiger partial charge in [-0.1, -0.05) is 6.07 Å². The van der Waals surface area contributed by atoms with Crippen molar-refractivity contribution in [1.82, 2.24) is 19.3 Å². The van der Waals surface area contributed by atoms with Gasteiger partial charge in [0.05, 0.1) is 5.56 Å². The quantitative estimate of drug-likeness (QED) is 0.458. The molecule has 14 heteroatoms. The molecule has 0 atom stereocenters. The van der Waals surface area contributed by atoms with Crippen molar-refractivity contribution in [2.75, 3.05) is 6.61 Å². The van der Waals surface area contributed by atoms with Gasteiger partial charge in [0, 0.05) is 24.4 Å². The van der Waals surface area contributed by atoms with E-state index in [9.17, 15) is 36.2 Å². The zero-order valence-corrected chi connectivity index (χ0v) is 17.9. The van der Waals surface area contributed by atoms with Crippen LogP contribution in [-0.4, -0.2) is 37.2 Å². The predicted octanol–water partition coefficient (Wildman–Crippen LogP) is 4.43. The molecule has 0 spiro atoms. The molecule has 3 rings (SSSR count). The largest absolute Gasteiger partial charge is 0.483 e. The van der Waals surface area contributed by atoms with E-state index in [0.717, 1.165) is 16.8 Å². The average Bonchev–Trinajstić information content (AvgIpc) is 3.12. The van der Waals surface area contributed by atoms with Crippen LogP contribution in [0.3, 0.4) is 0 Å². The minimum Gasteiger partial charge on any atom is -0.483 e. The maximum atomic E-state index is 15.1. The van der Waals surface area contributed by atoms with Crippen LogP contribution in [0.1, 0.15) is 36.0 Å². The normalized spacial score (nSPS) is 12.5. The zero-order chi connectivity index (χ0) is 25.9. The molecule has 0 unspecified atom stereocenters. The Morgan fingerprint density at radius 1 is 1.29 bits per heavy atom. The summed E-state index contributed by atoms with van der Waals surface area (Å²) in [4.78, 5) is 16.0. The molecule has 0 saturated carbocycles. The summed E-state index contributed by atoms with van der Waals surface area (Å²) in [6, 6.07) is 3.38. The lowest BCUT2D eigenvalue weighted by Crippen LogP contribution is -2.25. The summed E-state index contributed by atoms with van der Waals surface area (Å²) >= 11 is 0. The number of nitrogens with zero attached hydrogens (tertiary/aromatic N) is 4. The SMILES string of the molecule is CCn1c(CO)nn(-c2cc(OCC(F)(F)F)c(/C(F)=C/c3cccnc3C(F)F)cc2F)c1=O. The Balaban J connectivity index is 2.18. The van der Waals surface area contributed by atoms with E-state index in [2.05, 4.69) is 14.8 Å². The second-order valence-electron chi connectivity index (χ2n) is 6.99. The minimum absolute atomic E-state index is 0.0425.